The lowest BCUT2D eigenvalue weighted by Gasteiger charge is -2.20. The topological polar surface area (TPSA) is 74.8 Å². The molecule has 8 heteroatoms. The zero-order valence-corrected chi connectivity index (χ0v) is 18.6. The zero-order chi connectivity index (χ0) is 20.3. The van der Waals surface area contributed by atoms with E-state index in [1.807, 2.05) is 0 Å². The number of hydrogen-bond donors (Lipinski definition) is 0. The van der Waals surface area contributed by atoms with Crippen molar-refractivity contribution in [1.29, 1.82) is 0 Å². The third-order valence-electron chi connectivity index (χ3n) is 5.51. The first-order chi connectivity index (χ1) is 13.3. The second kappa shape index (κ2) is 8.95. The van der Waals surface area contributed by atoms with Gasteiger partial charge in [0, 0.05) is 42.6 Å². The minimum absolute atomic E-state index is 0.0105. The van der Waals surface area contributed by atoms with E-state index in [9.17, 15) is 18.0 Å². The summed E-state index contributed by atoms with van der Waals surface area (Å²) in [6.45, 7) is 3.81. The number of anilines is 1. The Morgan fingerprint density at radius 2 is 1.71 bits per heavy atom. The molecule has 1 fully saturated rings. The number of benzene rings is 1. The number of fused-ring (bicyclic) bond motifs is 1. The lowest BCUT2D eigenvalue weighted by atomic mass is 10.2. The molecule has 2 aliphatic heterocycles. The molecule has 1 aromatic rings. The number of hydrogen-bond acceptors (Lipinski definition) is 4. The Kier molecular flexibility index (Phi) is 6.81. The highest BCUT2D eigenvalue weighted by atomic mass is 79.9. The molecule has 1 saturated heterocycles. The summed E-state index contributed by atoms with van der Waals surface area (Å²) >= 11 is 3.38. The Morgan fingerprint density at radius 1 is 1.04 bits per heavy atom. The second-order valence-corrected chi connectivity index (χ2v) is 10.4. The van der Waals surface area contributed by atoms with Gasteiger partial charge in [-0.1, -0.05) is 19.8 Å². The van der Waals surface area contributed by atoms with Gasteiger partial charge in [-0.2, -0.15) is 0 Å². The van der Waals surface area contributed by atoms with E-state index >= 15 is 0 Å². The summed E-state index contributed by atoms with van der Waals surface area (Å²) in [5.41, 5.74) is 1.64. The molecular weight excluding hydrogens is 444 g/mol. The summed E-state index contributed by atoms with van der Waals surface area (Å²) in [6.07, 6.45) is 5.29. The SMILES string of the molecule is CCC(=O)N1CCc2cc(Br)c(S(=O)(=O)CCC(=O)N3CCCCCC3)cc21. The minimum Gasteiger partial charge on any atom is -0.343 e. The molecule has 0 unspecified atom stereocenters. The Labute approximate surface area is 175 Å². The Bertz CT molecular complexity index is 861. The van der Waals surface area contributed by atoms with Crippen molar-refractivity contribution in [2.45, 2.75) is 56.8 Å². The van der Waals surface area contributed by atoms with E-state index in [0.29, 0.717) is 29.5 Å². The van der Waals surface area contributed by atoms with Crippen LogP contribution in [0.25, 0.3) is 0 Å². The molecule has 6 nitrogen and oxygen atoms in total. The predicted octanol–water partition coefficient (Wildman–Crippen LogP) is 3.31. The first kappa shape index (κ1) is 21.3. The molecule has 0 aliphatic carbocycles. The Hall–Kier alpha value is -1.41. The van der Waals surface area contributed by atoms with Gasteiger partial charge in [0.25, 0.3) is 0 Å². The molecule has 2 heterocycles. The van der Waals surface area contributed by atoms with Gasteiger partial charge in [0.05, 0.1) is 10.6 Å². The van der Waals surface area contributed by atoms with E-state index in [1.54, 1.807) is 28.9 Å². The molecule has 3 rings (SSSR count). The fourth-order valence-corrected chi connectivity index (χ4v) is 6.33. The molecular formula is C20H27BrN2O4S. The van der Waals surface area contributed by atoms with E-state index in [0.717, 1.165) is 44.3 Å². The number of amides is 2. The predicted molar refractivity (Wildman–Crippen MR) is 112 cm³/mol. The molecule has 2 aliphatic rings. The molecule has 2 amide bonds. The van der Waals surface area contributed by atoms with Crippen LogP contribution in [0.2, 0.25) is 0 Å². The normalized spacial score (nSPS) is 17.4. The first-order valence-electron chi connectivity index (χ1n) is 9.97. The second-order valence-electron chi connectivity index (χ2n) is 7.42. The number of likely N-dealkylation sites (tertiary alicyclic amines) is 1. The number of carbonyl (C=O) groups excluding carboxylic acids is 2. The van der Waals surface area contributed by atoms with E-state index in [2.05, 4.69) is 15.9 Å². The van der Waals surface area contributed by atoms with E-state index in [4.69, 9.17) is 0 Å². The smallest absolute Gasteiger partial charge is 0.226 e. The van der Waals surface area contributed by atoms with Gasteiger partial charge in [0.15, 0.2) is 9.84 Å². The Morgan fingerprint density at radius 3 is 2.36 bits per heavy atom. The van der Waals surface area contributed by atoms with Crippen LogP contribution in [0, 0.1) is 0 Å². The van der Waals surface area contributed by atoms with Gasteiger partial charge in [0.1, 0.15) is 0 Å². The summed E-state index contributed by atoms with van der Waals surface area (Å²) in [7, 11) is -3.64. The van der Waals surface area contributed by atoms with Crippen molar-refractivity contribution in [2.75, 3.05) is 30.3 Å². The highest BCUT2D eigenvalue weighted by molar-refractivity contribution is 9.10. The summed E-state index contributed by atoms with van der Waals surface area (Å²) in [5, 5.41) is 0. The lowest BCUT2D eigenvalue weighted by molar-refractivity contribution is -0.130. The van der Waals surface area contributed by atoms with Crippen LogP contribution in [0.15, 0.2) is 21.5 Å². The summed E-state index contributed by atoms with van der Waals surface area (Å²) in [6, 6.07) is 3.38. The molecule has 0 spiro atoms. The number of sulfone groups is 1. The minimum atomic E-state index is -3.64. The van der Waals surface area contributed by atoms with E-state index < -0.39 is 9.84 Å². The number of rotatable bonds is 5. The highest BCUT2D eigenvalue weighted by Crippen LogP contribution is 2.36. The molecule has 1 aromatic carbocycles. The van der Waals surface area contributed by atoms with Crippen LogP contribution in [0.5, 0.6) is 0 Å². The van der Waals surface area contributed by atoms with Gasteiger partial charge >= 0.3 is 0 Å². The van der Waals surface area contributed by atoms with Crippen molar-refractivity contribution in [3.63, 3.8) is 0 Å². The van der Waals surface area contributed by atoms with Gasteiger partial charge in [0.2, 0.25) is 11.8 Å². The standard InChI is InChI=1S/C20H27BrN2O4S/c1-2-19(24)23-11-7-15-13-16(21)18(14-17(15)23)28(26,27)12-8-20(25)22-9-5-3-4-6-10-22/h13-14H,2-12H2,1H3. The van der Waals surface area contributed by atoms with Crippen LogP contribution in [0.1, 0.15) is 51.0 Å². The molecule has 0 radical (unpaired) electrons. The van der Waals surface area contributed by atoms with Crippen LogP contribution in [-0.2, 0) is 25.8 Å². The van der Waals surface area contributed by atoms with Crippen LogP contribution in [0.3, 0.4) is 0 Å². The van der Waals surface area contributed by atoms with Crippen LogP contribution in [-0.4, -0.2) is 50.5 Å². The molecule has 0 aromatic heterocycles. The molecule has 0 N–H and O–H groups in total. The van der Waals surface area contributed by atoms with Crippen LogP contribution in [0.4, 0.5) is 5.69 Å². The first-order valence-corrected chi connectivity index (χ1v) is 12.4. The quantitative estimate of drug-likeness (QED) is 0.661. The highest BCUT2D eigenvalue weighted by Gasteiger charge is 2.29. The molecule has 28 heavy (non-hydrogen) atoms. The summed E-state index contributed by atoms with van der Waals surface area (Å²) in [5.74, 6) is -0.326. The van der Waals surface area contributed by atoms with Gasteiger partial charge in [-0.15, -0.1) is 0 Å². The molecule has 0 atom stereocenters. The van der Waals surface area contributed by atoms with Crippen molar-refractivity contribution < 1.29 is 18.0 Å². The lowest BCUT2D eigenvalue weighted by Crippen LogP contribution is -2.33. The van der Waals surface area contributed by atoms with Crippen molar-refractivity contribution in [1.82, 2.24) is 4.90 Å². The number of carbonyl (C=O) groups is 2. The van der Waals surface area contributed by atoms with E-state index in [-0.39, 0.29) is 28.9 Å². The maximum Gasteiger partial charge on any atom is 0.226 e. The van der Waals surface area contributed by atoms with Gasteiger partial charge in [-0.3, -0.25) is 9.59 Å². The van der Waals surface area contributed by atoms with Crippen LogP contribution < -0.4 is 4.90 Å². The molecule has 154 valence electrons. The summed E-state index contributed by atoms with van der Waals surface area (Å²) < 4.78 is 26.4. The largest absolute Gasteiger partial charge is 0.343 e. The fourth-order valence-electron chi connectivity index (χ4n) is 3.89. The number of halogens is 1. The third kappa shape index (κ3) is 4.59. The third-order valence-corrected chi connectivity index (χ3v) is 8.18. The van der Waals surface area contributed by atoms with Crippen molar-refractivity contribution in [3.8, 4) is 0 Å². The summed E-state index contributed by atoms with van der Waals surface area (Å²) in [4.78, 5) is 28.2. The molecule has 0 saturated carbocycles. The van der Waals surface area contributed by atoms with E-state index in [1.165, 1.54) is 0 Å². The number of nitrogens with zero attached hydrogens (tertiary/aromatic N) is 2. The average molecular weight is 471 g/mol. The monoisotopic (exact) mass is 470 g/mol. The zero-order valence-electron chi connectivity index (χ0n) is 16.2. The molecule has 0 bridgehead atoms. The Balaban J connectivity index is 1.76. The van der Waals surface area contributed by atoms with Gasteiger partial charge < -0.3 is 9.80 Å². The van der Waals surface area contributed by atoms with Crippen molar-refractivity contribution in [2.24, 2.45) is 0 Å². The maximum absolute atomic E-state index is 12.9. The van der Waals surface area contributed by atoms with Crippen molar-refractivity contribution >= 4 is 43.3 Å². The van der Waals surface area contributed by atoms with Gasteiger partial charge in [-0.05, 0) is 52.9 Å². The van der Waals surface area contributed by atoms with Crippen molar-refractivity contribution in [3.05, 3.63) is 22.2 Å². The maximum atomic E-state index is 12.9. The fraction of sp³-hybridized carbons (Fsp3) is 0.600. The average Bonchev–Trinajstić information content (AvgIpc) is 2.89. The van der Waals surface area contributed by atoms with Crippen LogP contribution >= 0.6 is 15.9 Å². The van der Waals surface area contributed by atoms with Gasteiger partial charge in [-0.25, -0.2) is 8.42 Å².